The highest BCUT2D eigenvalue weighted by atomic mass is 32.2. The summed E-state index contributed by atoms with van der Waals surface area (Å²) in [5.41, 5.74) is 5.69. The molecule has 0 bridgehead atoms. The predicted octanol–water partition coefficient (Wildman–Crippen LogP) is 5.00. The van der Waals surface area contributed by atoms with Gasteiger partial charge in [-0.1, -0.05) is 63.2 Å². The molecule has 0 atom stereocenters. The first kappa shape index (κ1) is 22.7. The van der Waals surface area contributed by atoms with Gasteiger partial charge in [-0.15, -0.1) is 11.3 Å². The summed E-state index contributed by atoms with van der Waals surface area (Å²) in [4.78, 5) is 12.7. The summed E-state index contributed by atoms with van der Waals surface area (Å²) in [5.74, 6) is -0.504. The molecule has 1 heterocycles. The van der Waals surface area contributed by atoms with Crippen LogP contribution < -0.4 is 10.1 Å². The topological polar surface area (TPSA) is 87.6 Å². The van der Waals surface area contributed by atoms with Crippen LogP contribution in [-0.2, 0) is 15.4 Å². The van der Waals surface area contributed by atoms with Gasteiger partial charge in [-0.2, -0.15) is 5.10 Å². The molecule has 0 unspecified atom stereocenters. The smallest absolute Gasteiger partial charge is 0.273 e. The number of hydrogen-bond donors (Lipinski definition) is 2. The fourth-order valence-electron chi connectivity index (χ4n) is 2.85. The molecule has 162 valence electrons. The van der Waals surface area contributed by atoms with Crippen molar-refractivity contribution in [3.63, 3.8) is 0 Å². The molecule has 3 rings (SSSR count). The molecule has 0 saturated carbocycles. The third-order valence-corrected chi connectivity index (χ3v) is 7.43. The first-order valence-electron chi connectivity index (χ1n) is 9.69. The van der Waals surface area contributed by atoms with Gasteiger partial charge in [-0.05, 0) is 47.0 Å². The molecule has 0 aliphatic rings. The van der Waals surface area contributed by atoms with Crippen LogP contribution in [0.3, 0.4) is 0 Å². The predicted molar refractivity (Wildman–Crippen MR) is 126 cm³/mol. The maximum absolute atomic E-state index is 12.7. The van der Waals surface area contributed by atoms with E-state index in [1.807, 2.05) is 24.3 Å². The third-order valence-electron chi connectivity index (χ3n) is 4.67. The van der Waals surface area contributed by atoms with E-state index in [2.05, 4.69) is 36.0 Å². The Balaban J connectivity index is 1.77. The minimum atomic E-state index is -3.76. The van der Waals surface area contributed by atoms with Gasteiger partial charge in [0.15, 0.2) is 0 Å². The number of sulfonamides is 1. The van der Waals surface area contributed by atoms with E-state index in [-0.39, 0.29) is 20.9 Å². The molecular weight excluding hydrogens is 430 g/mol. The lowest BCUT2D eigenvalue weighted by molar-refractivity contribution is 0.0955. The molecule has 2 N–H and O–H groups in total. The van der Waals surface area contributed by atoms with Crippen LogP contribution in [0.1, 0.15) is 49.2 Å². The van der Waals surface area contributed by atoms with E-state index in [0.717, 1.165) is 16.9 Å². The summed E-state index contributed by atoms with van der Waals surface area (Å²) in [5, 5.41) is 5.87. The Labute approximate surface area is 187 Å². The Hall–Kier alpha value is -2.97. The molecular formula is C23H25N3O3S2. The van der Waals surface area contributed by atoms with Gasteiger partial charge in [-0.3, -0.25) is 9.52 Å². The number of hydrogen-bond acceptors (Lipinski definition) is 5. The quantitative estimate of drug-likeness (QED) is 0.405. The van der Waals surface area contributed by atoms with Crippen LogP contribution in [0.15, 0.2) is 75.4 Å². The molecule has 0 saturated heterocycles. The van der Waals surface area contributed by atoms with Crippen LogP contribution in [-0.4, -0.2) is 20.0 Å². The van der Waals surface area contributed by atoms with E-state index in [0.29, 0.717) is 5.71 Å². The molecule has 0 radical (unpaired) electrons. The zero-order valence-corrected chi connectivity index (χ0v) is 19.5. The minimum absolute atomic E-state index is 0.0535. The number of anilines is 1. The monoisotopic (exact) mass is 455 g/mol. The number of nitrogens with one attached hydrogen (secondary N) is 2. The molecule has 0 spiro atoms. The number of hydrazone groups is 1. The molecule has 6 nitrogen and oxygen atoms in total. The van der Waals surface area contributed by atoms with E-state index in [4.69, 9.17) is 0 Å². The van der Waals surface area contributed by atoms with E-state index < -0.39 is 15.9 Å². The zero-order chi connectivity index (χ0) is 22.6. The maximum atomic E-state index is 12.7. The van der Waals surface area contributed by atoms with Crippen molar-refractivity contribution in [2.24, 2.45) is 5.10 Å². The lowest BCUT2D eigenvalue weighted by Gasteiger charge is -2.19. The Morgan fingerprint density at radius 2 is 1.65 bits per heavy atom. The van der Waals surface area contributed by atoms with E-state index >= 15 is 0 Å². The molecule has 1 aromatic heterocycles. The average molecular weight is 456 g/mol. The van der Waals surface area contributed by atoms with Crippen LogP contribution in [0.4, 0.5) is 5.69 Å². The van der Waals surface area contributed by atoms with E-state index in [1.54, 1.807) is 42.6 Å². The number of amides is 1. The SMILES string of the molecule is C/C(=N/NC(=O)c1ccccc1NS(=O)(=O)c1cccs1)c1ccc(C(C)(C)C)cc1. The number of benzene rings is 2. The molecule has 2 aromatic carbocycles. The highest BCUT2D eigenvalue weighted by molar-refractivity contribution is 7.94. The summed E-state index contributed by atoms with van der Waals surface area (Å²) in [6.45, 7) is 8.24. The van der Waals surface area contributed by atoms with E-state index in [9.17, 15) is 13.2 Å². The molecule has 0 fully saturated rings. The van der Waals surface area contributed by atoms with Crippen LogP contribution in [0.25, 0.3) is 0 Å². The Kier molecular flexibility index (Phi) is 6.62. The first-order valence-corrected chi connectivity index (χ1v) is 12.0. The fourth-order valence-corrected chi connectivity index (χ4v) is 4.93. The van der Waals surface area contributed by atoms with Crippen molar-refractivity contribution < 1.29 is 13.2 Å². The van der Waals surface area contributed by atoms with Gasteiger partial charge in [0.1, 0.15) is 4.21 Å². The van der Waals surface area contributed by atoms with Crippen molar-refractivity contribution in [2.45, 2.75) is 37.3 Å². The zero-order valence-electron chi connectivity index (χ0n) is 17.8. The number of carbonyl (C=O) groups excluding carboxylic acids is 1. The number of carbonyl (C=O) groups is 1. The fraction of sp³-hybridized carbons (Fsp3) is 0.217. The van der Waals surface area contributed by atoms with Crippen molar-refractivity contribution in [1.82, 2.24) is 5.43 Å². The van der Waals surface area contributed by atoms with Crippen LogP contribution in [0, 0.1) is 0 Å². The lowest BCUT2D eigenvalue weighted by Crippen LogP contribution is -2.22. The van der Waals surface area contributed by atoms with Gasteiger partial charge in [0.2, 0.25) is 0 Å². The summed E-state index contributed by atoms with van der Waals surface area (Å²) in [6, 6.07) is 17.6. The lowest BCUT2D eigenvalue weighted by atomic mass is 9.86. The summed E-state index contributed by atoms with van der Waals surface area (Å²) in [7, 11) is -3.76. The maximum Gasteiger partial charge on any atom is 0.273 e. The van der Waals surface area contributed by atoms with Crippen molar-refractivity contribution in [2.75, 3.05) is 4.72 Å². The summed E-state index contributed by atoms with van der Waals surface area (Å²) >= 11 is 1.10. The highest BCUT2D eigenvalue weighted by Gasteiger charge is 2.19. The Morgan fingerprint density at radius 1 is 0.968 bits per heavy atom. The number of rotatable bonds is 6. The van der Waals surface area contributed by atoms with Crippen LogP contribution in [0.2, 0.25) is 0 Å². The van der Waals surface area contributed by atoms with Gasteiger partial charge in [-0.25, -0.2) is 13.8 Å². The van der Waals surface area contributed by atoms with Crippen molar-refractivity contribution in [1.29, 1.82) is 0 Å². The van der Waals surface area contributed by atoms with Crippen molar-refractivity contribution in [3.05, 3.63) is 82.7 Å². The average Bonchev–Trinajstić information content (AvgIpc) is 3.27. The standard InChI is InChI=1S/C23H25N3O3S2/c1-16(17-11-13-18(14-12-17)23(2,3)4)24-25-22(27)19-8-5-6-9-20(19)26-31(28,29)21-10-7-15-30-21/h5-15,26H,1-4H3,(H,25,27)/b24-16-. The molecule has 3 aromatic rings. The number of para-hydroxylation sites is 1. The summed E-state index contributed by atoms with van der Waals surface area (Å²) in [6.07, 6.45) is 0. The normalized spacial score (nSPS) is 12.5. The number of nitrogens with zero attached hydrogens (tertiary/aromatic N) is 1. The molecule has 0 aliphatic carbocycles. The molecule has 8 heteroatoms. The second kappa shape index (κ2) is 9.03. The second-order valence-electron chi connectivity index (χ2n) is 8.05. The molecule has 31 heavy (non-hydrogen) atoms. The van der Waals surface area contributed by atoms with Gasteiger partial charge in [0.25, 0.3) is 15.9 Å². The second-order valence-corrected chi connectivity index (χ2v) is 10.9. The Bertz CT molecular complexity index is 1190. The molecule has 1 amide bonds. The van der Waals surface area contributed by atoms with Gasteiger partial charge in [0.05, 0.1) is 17.0 Å². The van der Waals surface area contributed by atoms with Gasteiger partial charge < -0.3 is 0 Å². The van der Waals surface area contributed by atoms with Crippen LogP contribution >= 0.6 is 11.3 Å². The van der Waals surface area contributed by atoms with Crippen molar-refractivity contribution >= 4 is 38.7 Å². The van der Waals surface area contributed by atoms with Crippen molar-refractivity contribution in [3.8, 4) is 0 Å². The third kappa shape index (κ3) is 5.59. The van der Waals surface area contributed by atoms with Gasteiger partial charge >= 0.3 is 0 Å². The highest BCUT2D eigenvalue weighted by Crippen LogP contribution is 2.24. The number of thiophene rings is 1. The Morgan fingerprint density at radius 3 is 2.26 bits per heavy atom. The van der Waals surface area contributed by atoms with Crippen LogP contribution in [0.5, 0.6) is 0 Å². The molecule has 0 aliphatic heterocycles. The minimum Gasteiger partial charge on any atom is -0.278 e. The largest absolute Gasteiger partial charge is 0.278 e. The van der Waals surface area contributed by atoms with Gasteiger partial charge in [0, 0.05) is 0 Å². The summed E-state index contributed by atoms with van der Waals surface area (Å²) < 4.78 is 27.7. The van der Waals surface area contributed by atoms with E-state index in [1.165, 1.54) is 11.6 Å². The first-order chi connectivity index (χ1) is 14.6.